The van der Waals surface area contributed by atoms with Gasteiger partial charge in [0.05, 0.1) is 32.5 Å². The molecule has 0 aliphatic rings. The third-order valence-electron chi connectivity index (χ3n) is 22.1. The fraction of sp³-hybridized carbons (Fsp3) is 0.565. The predicted octanol–water partition coefficient (Wildman–Crippen LogP) is -8.26. The zero-order valence-corrected chi connectivity index (χ0v) is 83.6. The Morgan fingerprint density at radius 1 is 0.317 bits per heavy atom. The van der Waals surface area contributed by atoms with Crippen LogP contribution in [0.5, 0.6) is 5.75 Å². The number of aliphatic hydroxyl groups excluding tert-OH is 4. The summed E-state index contributed by atoms with van der Waals surface area (Å²) < 4.78 is 0. The molecule has 0 unspecified atom stereocenters. The average molecular weight is 2080 g/mol. The number of aromatic hydroxyl groups is 1. The lowest BCUT2D eigenvalue weighted by Gasteiger charge is -2.30. The molecule has 804 valence electrons. The van der Waals surface area contributed by atoms with E-state index in [-0.39, 0.29) is 75.2 Å². The Bertz CT molecular complexity index is 4840. The predicted molar refractivity (Wildman–Crippen MR) is 528 cm³/mol. The molecule has 145 heavy (non-hydrogen) atoms. The average Bonchev–Trinajstić information content (AvgIpc) is 0.851. The van der Waals surface area contributed by atoms with E-state index in [1.54, 1.807) is 101 Å². The van der Waals surface area contributed by atoms with Gasteiger partial charge >= 0.3 is 11.9 Å². The number of carboxylic acid groups (broad SMARTS) is 2. The monoisotopic (exact) mass is 2080 g/mol. The Morgan fingerprint density at radius 3 is 0.910 bits per heavy atom. The molecule has 35 N–H and O–H groups in total. The standard InChI is InChI=1S/C92H141N23O28S2/c1-47(2)38-62(82(133)113-67(44-117)87(138)105-60(34-37-145-8)81(132)102-57(26-30-71(95)122)79(130)112-69(46-119)89(140)114-68(45-118)88(139)106-61(91(142)143)27-31-72(96)123)110-90(141)74(49(5)6)115-85(136)63(39-48(3)4)107-84(135)65(42-52-21-23-53(120)24-22-52)109-77(128)56(25-29-70(94)121)101-76(127)55(20-15-35-99-92(97)98)100-80(131)59(33-36-144-7)104-83(134)64(41-51-18-13-10-14-19-51)108-78(129)58(28-32-73(124)125)103-86(137)66(43-116)111-75(126)54(93)40-50-16-11-9-12-17-50/h9-14,16-19,21-24,47-49,54-69,74,116-120H,15,20,25-46,93H2,1-8H3,(H2,94,121)(H2,95,122)(H2,96,123)(H,100,131)(H,101,127)(H,102,132)(H,103,137)(H,104,134)(H,105,138)(H,106,139)(H,107,135)(H,108,129)(H,109,128)(H,110,141)(H,111,126)(H,112,130)(H,113,133)(H,114,140)(H,115,136)(H,124,125)(H,142,143)(H4,97,98,99)/t54-,55-,56-,57-,58-,59-,60-,61-,62-,63-,64-,65-,66-,67-,68-,69-,74-/m0/s1. The van der Waals surface area contributed by atoms with Crippen molar-refractivity contribution in [2.75, 3.05) is 57.0 Å². The molecule has 0 saturated heterocycles. The molecule has 3 rings (SSSR count). The normalized spacial score (nSPS) is 14.6. The van der Waals surface area contributed by atoms with Crippen LogP contribution in [0.3, 0.4) is 0 Å². The fourth-order valence-corrected chi connectivity index (χ4v) is 15.1. The van der Waals surface area contributed by atoms with Crippen LogP contribution in [-0.2, 0) is 120 Å². The number of aliphatic hydroxyl groups is 4. The second-order valence-electron chi connectivity index (χ2n) is 35.3. The molecular weight excluding hydrogens is 1940 g/mol. The maximum atomic E-state index is 15.1. The highest BCUT2D eigenvalue weighted by atomic mass is 32.2. The minimum atomic E-state index is -1.97. The lowest BCUT2D eigenvalue weighted by Crippen LogP contribution is -2.62. The topological polar surface area (TPSA) is 859 Å². The molecule has 0 spiro atoms. The van der Waals surface area contributed by atoms with E-state index in [0.717, 1.165) is 0 Å². The van der Waals surface area contributed by atoms with Gasteiger partial charge in [-0.15, -0.1) is 0 Å². The maximum Gasteiger partial charge on any atom is 0.326 e. The summed E-state index contributed by atoms with van der Waals surface area (Å²) in [5, 5.41) is 120. The Balaban J connectivity index is 2.00. The smallest absolute Gasteiger partial charge is 0.326 e. The number of nitrogens with one attached hydrogen (secondary N) is 18. The molecule has 3 aromatic rings. The molecule has 0 fully saturated rings. The van der Waals surface area contributed by atoms with Crippen LogP contribution >= 0.6 is 23.5 Å². The van der Waals surface area contributed by atoms with Crippen LogP contribution in [0.2, 0.25) is 0 Å². The van der Waals surface area contributed by atoms with Crippen LogP contribution in [0.4, 0.5) is 0 Å². The maximum absolute atomic E-state index is 15.1. The zero-order valence-electron chi connectivity index (χ0n) is 82.0. The van der Waals surface area contributed by atoms with Crippen molar-refractivity contribution >= 4 is 154 Å². The Kier molecular flexibility index (Phi) is 57.1. The van der Waals surface area contributed by atoms with Crippen LogP contribution in [0, 0.1) is 23.2 Å². The number of rotatable bonds is 70. The SMILES string of the molecule is CSCC[C@H](NC(=O)[C@H](Cc1ccccc1)NC(=O)[C@H](CCC(=O)O)NC(=O)[C@H](CO)NC(=O)[C@@H](N)Cc1ccccc1)C(=O)N[C@@H](CCCNC(=N)N)C(=O)N[C@@H](CCC(N)=O)C(=O)N[C@@H](Cc1ccc(O)cc1)C(=O)N[C@@H](CC(C)C)C(=O)N[C@H](C(=O)N[C@@H](CC(C)C)C(=O)N[C@@H](CO)C(=O)N[C@@H](CCSC)C(=O)N[C@@H](CCC(N)=O)C(=O)N[C@@H](CO)C(=O)N[C@@H](CO)C(=O)N[C@@H](CCC(N)=O)C(=O)O)C(C)C. The van der Waals surface area contributed by atoms with E-state index < -0.39 is 335 Å². The first-order valence-electron chi connectivity index (χ1n) is 46.7. The minimum Gasteiger partial charge on any atom is -0.508 e. The second kappa shape index (κ2) is 66.1. The van der Waals surface area contributed by atoms with E-state index in [4.69, 9.17) is 34.1 Å². The van der Waals surface area contributed by atoms with Crippen LogP contribution in [0.1, 0.15) is 148 Å². The molecule has 19 amide bonds. The van der Waals surface area contributed by atoms with Crippen molar-refractivity contribution in [3.8, 4) is 5.75 Å². The molecule has 17 atom stereocenters. The Morgan fingerprint density at radius 2 is 0.586 bits per heavy atom. The summed E-state index contributed by atoms with van der Waals surface area (Å²) >= 11 is 2.42. The number of amides is 19. The lowest BCUT2D eigenvalue weighted by atomic mass is 9.97. The van der Waals surface area contributed by atoms with Gasteiger partial charge in [-0.25, -0.2) is 4.79 Å². The van der Waals surface area contributed by atoms with Crippen molar-refractivity contribution in [2.45, 2.75) is 253 Å². The highest BCUT2D eigenvalue weighted by molar-refractivity contribution is 7.98. The Hall–Kier alpha value is -13.9. The van der Waals surface area contributed by atoms with Gasteiger partial charge in [0.25, 0.3) is 0 Å². The number of guanidine groups is 1. The largest absolute Gasteiger partial charge is 0.508 e. The highest BCUT2D eigenvalue weighted by Crippen LogP contribution is 2.19. The van der Waals surface area contributed by atoms with Gasteiger partial charge in [-0.2, -0.15) is 23.5 Å². The molecule has 0 radical (unpaired) electrons. The first kappa shape index (κ1) is 125. The minimum absolute atomic E-state index is 0.0293. The number of carbonyl (C=O) groups excluding carboxylic acids is 19. The summed E-state index contributed by atoms with van der Waals surface area (Å²) in [5.41, 5.74) is 29.2. The molecule has 51 nitrogen and oxygen atoms in total. The number of phenolic OH excluding ortho intramolecular Hbond substituents is 1. The summed E-state index contributed by atoms with van der Waals surface area (Å²) in [4.78, 5) is 289. The zero-order chi connectivity index (χ0) is 109. The van der Waals surface area contributed by atoms with Crippen molar-refractivity contribution < 1.29 is 136 Å². The summed E-state index contributed by atoms with van der Waals surface area (Å²) in [6.07, 6.45) is -3.03. The lowest BCUT2D eigenvalue weighted by molar-refractivity contribution is -0.143. The van der Waals surface area contributed by atoms with Gasteiger partial charge in [-0.3, -0.25) is 101 Å². The summed E-state index contributed by atoms with van der Waals surface area (Å²) in [5.74, 6) is -25.6. The summed E-state index contributed by atoms with van der Waals surface area (Å²) in [6.45, 7) is 5.15. The van der Waals surface area contributed by atoms with Gasteiger partial charge in [-0.1, -0.05) is 114 Å². The van der Waals surface area contributed by atoms with Crippen molar-refractivity contribution in [3.05, 3.63) is 102 Å². The first-order chi connectivity index (χ1) is 68.5. The second-order valence-corrected chi connectivity index (χ2v) is 37.3. The number of carbonyl (C=O) groups is 21. The van der Waals surface area contributed by atoms with E-state index in [9.17, 15) is 127 Å². The van der Waals surface area contributed by atoms with Crippen molar-refractivity contribution in [2.24, 2.45) is 46.4 Å². The molecule has 3 aromatic carbocycles. The number of carboxylic acids is 2. The van der Waals surface area contributed by atoms with Gasteiger partial charge in [0.2, 0.25) is 112 Å². The molecule has 0 aliphatic heterocycles. The van der Waals surface area contributed by atoms with E-state index in [1.807, 2.05) is 10.6 Å². The molecule has 0 bridgehead atoms. The van der Waals surface area contributed by atoms with Gasteiger partial charge in [-0.05, 0) is 141 Å². The van der Waals surface area contributed by atoms with Crippen molar-refractivity contribution in [1.82, 2.24) is 90.4 Å². The van der Waals surface area contributed by atoms with Crippen LogP contribution in [0.15, 0.2) is 84.9 Å². The van der Waals surface area contributed by atoms with Crippen LogP contribution < -0.4 is 119 Å². The molecule has 0 aromatic heterocycles. The van der Waals surface area contributed by atoms with E-state index in [2.05, 4.69) is 79.8 Å². The number of benzene rings is 3. The van der Waals surface area contributed by atoms with Gasteiger partial charge < -0.3 is 155 Å². The van der Waals surface area contributed by atoms with Gasteiger partial charge in [0.15, 0.2) is 5.96 Å². The van der Waals surface area contributed by atoms with Crippen LogP contribution in [-0.4, -0.2) is 326 Å². The first-order valence-corrected chi connectivity index (χ1v) is 49.5. The quantitative estimate of drug-likeness (QED) is 0.0142. The number of thioether (sulfide) groups is 2. The third-order valence-corrected chi connectivity index (χ3v) is 23.3. The number of hydrogen-bond acceptors (Lipinski definition) is 30. The fourth-order valence-electron chi connectivity index (χ4n) is 14.1. The molecule has 53 heteroatoms. The molecule has 0 aliphatic carbocycles. The third kappa shape index (κ3) is 47.9. The number of nitrogens with two attached hydrogens (primary N) is 5. The molecular formula is C92H141N23O28S2. The summed E-state index contributed by atoms with van der Waals surface area (Å²) in [7, 11) is 0. The molecule has 0 saturated carbocycles. The summed E-state index contributed by atoms with van der Waals surface area (Å²) in [6, 6.07) is -6.58. The van der Waals surface area contributed by atoms with Crippen molar-refractivity contribution in [1.29, 1.82) is 5.41 Å². The van der Waals surface area contributed by atoms with Gasteiger partial charge in [0.1, 0.15) is 102 Å². The van der Waals surface area contributed by atoms with E-state index in [0.29, 0.717) is 16.7 Å². The number of primary amides is 3. The number of phenols is 1. The Labute approximate surface area is 845 Å². The van der Waals surface area contributed by atoms with Gasteiger partial charge in [0, 0.05) is 45.1 Å². The van der Waals surface area contributed by atoms with E-state index >= 15 is 9.59 Å². The van der Waals surface area contributed by atoms with Crippen LogP contribution in [0.25, 0.3) is 0 Å². The number of hydrogen-bond donors (Lipinski definition) is 30. The highest BCUT2D eigenvalue weighted by Gasteiger charge is 2.41. The van der Waals surface area contributed by atoms with E-state index in [1.165, 1.54) is 61.6 Å². The molecule has 0 heterocycles. The van der Waals surface area contributed by atoms with Crippen molar-refractivity contribution in [3.63, 3.8) is 0 Å². The number of aliphatic carboxylic acids is 2.